The molecule has 1 saturated carbocycles. The van der Waals surface area contributed by atoms with Crippen molar-refractivity contribution in [3.8, 4) is 0 Å². The van der Waals surface area contributed by atoms with E-state index >= 15 is 0 Å². The number of carbonyl (C=O) groups excluding carboxylic acids is 2. The smallest absolute Gasteiger partial charge is 0.316 e. The topological polar surface area (TPSA) is 43.4 Å². The van der Waals surface area contributed by atoms with Crippen LogP contribution in [0.25, 0.3) is 0 Å². The van der Waals surface area contributed by atoms with E-state index < -0.39 is 23.6 Å². The van der Waals surface area contributed by atoms with Crippen LogP contribution in [0.1, 0.15) is 29.4 Å². The number of halogens is 2. The molecule has 0 spiro atoms. The zero-order valence-corrected chi connectivity index (χ0v) is 13.0. The first-order valence-corrected chi connectivity index (χ1v) is 7.63. The molecule has 0 radical (unpaired) electrons. The van der Waals surface area contributed by atoms with Gasteiger partial charge in [-0.05, 0) is 47.7 Å². The number of hydrogen-bond donors (Lipinski definition) is 0. The molecule has 1 aliphatic rings. The molecule has 124 valence electrons. The summed E-state index contributed by atoms with van der Waals surface area (Å²) in [6, 6.07) is 11.6. The second kappa shape index (κ2) is 6.51. The van der Waals surface area contributed by atoms with E-state index in [4.69, 9.17) is 4.74 Å². The first-order valence-electron chi connectivity index (χ1n) is 7.63. The lowest BCUT2D eigenvalue weighted by molar-refractivity contribution is -0.148. The Balaban J connectivity index is 2.02. The van der Waals surface area contributed by atoms with Crippen LogP contribution in [-0.4, -0.2) is 18.9 Å². The molecular formula is C19H16F2O3. The first kappa shape index (κ1) is 16.3. The molecule has 3 unspecified atom stereocenters. The van der Waals surface area contributed by atoms with Crippen LogP contribution >= 0.6 is 0 Å². The third-order valence-electron chi connectivity index (χ3n) is 4.55. The van der Waals surface area contributed by atoms with Crippen LogP contribution in [0.4, 0.5) is 8.78 Å². The van der Waals surface area contributed by atoms with E-state index in [1.54, 1.807) is 24.3 Å². The van der Waals surface area contributed by atoms with Crippen LogP contribution in [0.2, 0.25) is 0 Å². The third kappa shape index (κ3) is 2.94. The summed E-state index contributed by atoms with van der Waals surface area (Å²) in [5.41, 5.74) is 1.41. The molecule has 3 atom stereocenters. The van der Waals surface area contributed by atoms with Crippen molar-refractivity contribution in [2.75, 3.05) is 7.11 Å². The number of esters is 1. The van der Waals surface area contributed by atoms with Crippen molar-refractivity contribution < 1.29 is 23.1 Å². The highest BCUT2D eigenvalue weighted by atomic mass is 19.1. The largest absolute Gasteiger partial charge is 0.468 e. The summed E-state index contributed by atoms with van der Waals surface area (Å²) >= 11 is 0. The highest BCUT2D eigenvalue weighted by Gasteiger charge is 2.47. The fourth-order valence-corrected chi connectivity index (χ4v) is 3.38. The number of ether oxygens (including phenoxy) is 1. The number of methoxy groups -OCH3 is 1. The zero-order chi connectivity index (χ0) is 17.3. The molecule has 0 aliphatic heterocycles. The van der Waals surface area contributed by atoms with E-state index in [1.807, 2.05) is 0 Å². The molecule has 2 aromatic rings. The first-order chi connectivity index (χ1) is 11.5. The van der Waals surface area contributed by atoms with Crippen LogP contribution in [-0.2, 0) is 14.3 Å². The van der Waals surface area contributed by atoms with E-state index in [9.17, 15) is 18.4 Å². The maximum atomic E-state index is 13.2. The van der Waals surface area contributed by atoms with Gasteiger partial charge < -0.3 is 4.74 Å². The van der Waals surface area contributed by atoms with Crippen molar-refractivity contribution in [3.05, 3.63) is 71.3 Å². The predicted molar refractivity (Wildman–Crippen MR) is 83.4 cm³/mol. The average molecular weight is 330 g/mol. The average Bonchev–Trinajstić information content (AvgIpc) is 2.93. The standard InChI is InChI=1S/C19H16F2O3/c1-24-19(23)16-10-15(11-2-6-13(20)7-3-11)17(18(16)22)12-4-8-14(21)9-5-12/h2-9,15-17H,10H2,1H3. The van der Waals surface area contributed by atoms with Gasteiger partial charge in [-0.15, -0.1) is 0 Å². The minimum atomic E-state index is -0.861. The minimum absolute atomic E-state index is 0.247. The van der Waals surface area contributed by atoms with Gasteiger partial charge in [0.1, 0.15) is 17.6 Å². The molecule has 0 aromatic heterocycles. The van der Waals surface area contributed by atoms with Crippen molar-refractivity contribution >= 4 is 11.8 Å². The summed E-state index contributed by atoms with van der Waals surface area (Å²) in [6.45, 7) is 0. The van der Waals surface area contributed by atoms with Crippen molar-refractivity contribution in [2.45, 2.75) is 18.3 Å². The summed E-state index contributed by atoms with van der Waals surface area (Å²) in [4.78, 5) is 24.7. The molecule has 0 N–H and O–H groups in total. The summed E-state index contributed by atoms with van der Waals surface area (Å²) in [5, 5.41) is 0. The molecule has 24 heavy (non-hydrogen) atoms. The fourth-order valence-electron chi connectivity index (χ4n) is 3.38. The number of ketones is 1. The van der Waals surface area contributed by atoms with Crippen LogP contribution in [0.15, 0.2) is 48.5 Å². The number of benzene rings is 2. The Labute approximate surface area is 138 Å². The number of rotatable bonds is 3. The lowest BCUT2D eigenvalue weighted by Crippen LogP contribution is -2.22. The second-order valence-electron chi connectivity index (χ2n) is 5.90. The Morgan fingerprint density at radius 3 is 1.96 bits per heavy atom. The normalized spacial score (nSPS) is 23.3. The van der Waals surface area contributed by atoms with Gasteiger partial charge in [-0.25, -0.2) is 8.78 Å². The van der Waals surface area contributed by atoms with E-state index in [1.165, 1.54) is 31.4 Å². The van der Waals surface area contributed by atoms with Gasteiger partial charge in [0.25, 0.3) is 0 Å². The van der Waals surface area contributed by atoms with Crippen LogP contribution in [0.3, 0.4) is 0 Å². The maximum Gasteiger partial charge on any atom is 0.316 e. The quantitative estimate of drug-likeness (QED) is 0.638. The van der Waals surface area contributed by atoms with E-state index in [2.05, 4.69) is 0 Å². The summed E-state index contributed by atoms with van der Waals surface area (Å²) in [6.07, 6.45) is 0.291. The summed E-state index contributed by atoms with van der Waals surface area (Å²) in [5.74, 6) is -3.31. The van der Waals surface area contributed by atoms with Crippen LogP contribution in [0, 0.1) is 17.6 Å². The van der Waals surface area contributed by atoms with Gasteiger partial charge in [-0.3, -0.25) is 9.59 Å². The predicted octanol–water partition coefficient (Wildman–Crippen LogP) is 3.59. The van der Waals surface area contributed by atoms with Gasteiger partial charge >= 0.3 is 5.97 Å². The number of Topliss-reactive ketones (excluding diaryl/α,β-unsaturated/α-hetero) is 1. The Hall–Kier alpha value is -2.56. The third-order valence-corrected chi connectivity index (χ3v) is 4.55. The summed E-state index contributed by atoms with van der Waals surface area (Å²) in [7, 11) is 1.24. The molecule has 0 saturated heterocycles. The Morgan fingerprint density at radius 1 is 0.958 bits per heavy atom. The van der Waals surface area contributed by atoms with E-state index in [0.29, 0.717) is 12.0 Å². The van der Waals surface area contributed by atoms with Gasteiger partial charge in [-0.1, -0.05) is 24.3 Å². The maximum absolute atomic E-state index is 13.2. The van der Waals surface area contributed by atoms with Crippen LogP contribution < -0.4 is 0 Å². The number of carbonyl (C=O) groups is 2. The highest BCUT2D eigenvalue weighted by molar-refractivity contribution is 6.04. The molecular weight excluding hydrogens is 314 g/mol. The highest BCUT2D eigenvalue weighted by Crippen LogP contribution is 2.46. The van der Waals surface area contributed by atoms with Gasteiger partial charge in [-0.2, -0.15) is 0 Å². The van der Waals surface area contributed by atoms with Crippen molar-refractivity contribution in [2.24, 2.45) is 5.92 Å². The van der Waals surface area contributed by atoms with Crippen molar-refractivity contribution in [1.82, 2.24) is 0 Å². The lowest BCUT2D eigenvalue weighted by Gasteiger charge is -2.19. The van der Waals surface area contributed by atoms with E-state index in [-0.39, 0.29) is 17.5 Å². The molecule has 2 aromatic carbocycles. The molecule has 3 nitrogen and oxygen atoms in total. The van der Waals surface area contributed by atoms with Crippen molar-refractivity contribution in [3.63, 3.8) is 0 Å². The molecule has 1 fully saturated rings. The molecule has 5 heteroatoms. The lowest BCUT2D eigenvalue weighted by atomic mass is 9.84. The molecule has 1 aliphatic carbocycles. The zero-order valence-electron chi connectivity index (χ0n) is 13.0. The van der Waals surface area contributed by atoms with Crippen LogP contribution in [0.5, 0.6) is 0 Å². The SMILES string of the molecule is COC(=O)C1CC(c2ccc(F)cc2)C(c2ccc(F)cc2)C1=O. The van der Waals surface area contributed by atoms with Gasteiger partial charge in [0.15, 0.2) is 5.78 Å². The Morgan fingerprint density at radius 2 is 1.46 bits per heavy atom. The van der Waals surface area contributed by atoms with Gasteiger partial charge in [0, 0.05) is 0 Å². The minimum Gasteiger partial charge on any atom is -0.468 e. The summed E-state index contributed by atoms with van der Waals surface area (Å²) < 4.78 is 31.1. The molecule has 0 heterocycles. The molecule has 0 amide bonds. The fraction of sp³-hybridized carbons (Fsp3) is 0.263. The molecule has 3 rings (SSSR count). The Kier molecular flexibility index (Phi) is 4.42. The second-order valence-corrected chi connectivity index (χ2v) is 5.90. The van der Waals surface area contributed by atoms with Crippen molar-refractivity contribution in [1.29, 1.82) is 0 Å². The van der Waals surface area contributed by atoms with E-state index in [0.717, 1.165) is 5.56 Å². The molecule has 0 bridgehead atoms. The van der Waals surface area contributed by atoms with Gasteiger partial charge in [0.05, 0.1) is 13.0 Å². The monoisotopic (exact) mass is 330 g/mol. The Bertz CT molecular complexity index is 753. The number of hydrogen-bond acceptors (Lipinski definition) is 3. The van der Waals surface area contributed by atoms with Gasteiger partial charge in [0.2, 0.25) is 0 Å².